The van der Waals surface area contributed by atoms with E-state index in [2.05, 4.69) is 40.5 Å². The zero-order valence-electron chi connectivity index (χ0n) is 14.8. The topological polar surface area (TPSA) is 32.3 Å². The molecule has 1 heterocycles. The fourth-order valence-electron chi connectivity index (χ4n) is 3.41. The van der Waals surface area contributed by atoms with Gasteiger partial charge in [0, 0.05) is 29.6 Å². The van der Waals surface area contributed by atoms with Crippen LogP contribution in [0.5, 0.6) is 0 Å². The summed E-state index contributed by atoms with van der Waals surface area (Å²) in [5, 5.41) is 3.13. The highest BCUT2D eigenvalue weighted by atomic mass is 32.2. The van der Waals surface area contributed by atoms with Crippen LogP contribution in [-0.2, 0) is 6.42 Å². The first-order valence-corrected chi connectivity index (χ1v) is 10.2. The third-order valence-corrected chi connectivity index (χ3v) is 5.59. The largest absolute Gasteiger partial charge is 0.350 e. The number of hydrogen-bond donors (Lipinski definition) is 1. The molecule has 0 unspecified atom stereocenters. The van der Waals surface area contributed by atoms with Crippen LogP contribution in [0.3, 0.4) is 0 Å². The lowest BCUT2D eigenvalue weighted by Crippen LogP contribution is -2.41. The fraction of sp³-hybridized carbons (Fsp3) is 0.381. The summed E-state index contributed by atoms with van der Waals surface area (Å²) in [6.07, 6.45) is 5.48. The van der Waals surface area contributed by atoms with Crippen LogP contribution in [-0.4, -0.2) is 42.7 Å². The monoisotopic (exact) mass is 353 g/mol. The van der Waals surface area contributed by atoms with Crippen molar-refractivity contribution in [2.45, 2.75) is 30.2 Å². The second-order valence-electron chi connectivity index (χ2n) is 6.51. The van der Waals surface area contributed by atoms with Gasteiger partial charge in [-0.2, -0.15) is 0 Å². The maximum atomic E-state index is 12.4. The molecule has 2 aromatic rings. The van der Waals surface area contributed by atoms with Gasteiger partial charge in [0.15, 0.2) is 0 Å². The number of thioether (sulfide) groups is 1. The summed E-state index contributed by atoms with van der Waals surface area (Å²) in [5.41, 5.74) is 2.13. The average Bonchev–Trinajstić information content (AvgIpc) is 3.12. The molecule has 132 valence electrons. The van der Waals surface area contributed by atoms with E-state index in [1.54, 1.807) is 11.8 Å². The van der Waals surface area contributed by atoms with E-state index in [1.807, 2.05) is 30.5 Å². The Morgan fingerprint density at radius 2 is 2.04 bits per heavy atom. The third-order valence-electron chi connectivity index (χ3n) is 4.86. The fourth-order valence-corrected chi connectivity index (χ4v) is 3.87. The highest BCUT2D eigenvalue weighted by Crippen LogP contribution is 2.18. The maximum Gasteiger partial charge on any atom is 0.251 e. The van der Waals surface area contributed by atoms with Gasteiger partial charge in [0.1, 0.15) is 0 Å². The van der Waals surface area contributed by atoms with Gasteiger partial charge in [-0.25, -0.2) is 0 Å². The van der Waals surface area contributed by atoms with Crippen LogP contribution in [0, 0.1) is 0 Å². The number of nitrogens with zero attached hydrogens (tertiary/aromatic N) is 1. The summed E-state index contributed by atoms with van der Waals surface area (Å²) in [7, 11) is 0. The van der Waals surface area contributed by atoms with Crippen LogP contribution in [0.2, 0.25) is 0 Å². The second-order valence-corrected chi connectivity index (χ2v) is 7.39. The molecule has 1 fully saturated rings. The smallest absolute Gasteiger partial charge is 0.251 e. The number of benzene rings is 2. The van der Waals surface area contributed by atoms with Gasteiger partial charge in [-0.3, -0.25) is 9.69 Å². The van der Waals surface area contributed by atoms with Crippen LogP contribution in [0.4, 0.5) is 0 Å². The highest BCUT2D eigenvalue weighted by molar-refractivity contribution is 7.98. The Morgan fingerprint density at radius 3 is 2.84 bits per heavy atom. The Morgan fingerprint density at radius 1 is 1.20 bits per heavy atom. The minimum absolute atomic E-state index is 0.0332. The van der Waals surface area contributed by atoms with Crippen LogP contribution in [0.1, 0.15) is 28.8 Å². The van der Waals surface area contributed by atoms with Gasteiger partial charge in [-0.05, 0) is 55.8 Å². The van der Waals surface area contributed by atoms with E-state index in [-0.39, 0.29) is 5.91 Å². The van der Waals surface area contributed by atoms with Crippen molar-refractivity contribution in [2.24, 2.45) is 0 Å². The predicted octanol–water partition coefficient (Wildman–Crippen LogP) is 3.85. The molecule has 1 aliphatic heterocycles. The predicted molar refractivity (Wildman–Crippen MR) is 105 cm³/mol. The maximum absolute atomic E-state index is 12.4. The van der Waals surface area contributed by atoms with E-state index >= 15 is 0 Å². The van der Waals surface area contributed by atoms with Crippen molar-refractivity contribution < 1.29 is 4.79 Å². The van der Waals surface area contributed by atoms with Crippen molar-refractivity contribution in [3.63, 3.8) is 0 Å². The molecule has 0 bridgehead atoms. The summed E-state index contributed by atoms with van der Waals surface area (Å²) in [4.78, 5) is 16.1. The summed E-state index contributed by atoms with van der Waals surface area (Å²) in [6, 6.07) is 18.9. The number of nitrogens with one attached hydrogen (secondary N) is 1. The molecule has 3 rings (SSSR count). The van der Waals surface area contributed by atoms with Gasteiger partial charge in [0.25, 0.3) is 5.91 Å². The first-order chi connectivity index (χ1) is 12.3. The number of rotatable bonds is 7. The van der Waals surface area contributed by atoms with Crippen molar-refractivity contribution in [3.8, 4) is 0 Å². The molecule has 0 aliphatic carbocycles. The first-order valence-electron chi connectivity index (χ1n) is 8.96. The third kappa shape index (κ3) is 5.10. The van der Waals surface area contributed by atoms with Crippen LogP contribution in [0.15, 0.2) is 59.5 Å². The number of carbonyl (C=O) groups excluding carboxylic acids is 1. The molecule has 1 aliphatic rings. The van der Waals surface area contributed by atoms with Gasteiger partial charge < -0.3 is 5.32 Å². The standard InChI is InChI=1S/C21H26N2OS/c1-25-20-11-5-9-18(15-20)21(24)22-16-19-10-6-13-23(19)14-12-17-7-3-2-4-8-17/h2-5,7-9,11,15,19H,6,10,12-14,16H2,1H3,(H,22,24)/t19-/m1/s1/i1-1. The van der Waals surface area contributed by atoms with E-state index in [0.29, 0.717) is 6.04 Å². The van der Waals surface area contributed by atoms with Crippen molar-refractivity contribution in [1.29, 1.82) is 0 Å². The molecule has 1 saturated heterocycles. The number of carbonyl (C=O) groups is 1. The molecule has 0 radical (unpaired) electrons. The number of hydrogen-bond acceptors (Lipinski definition) is 3. The molecule has 1 amide bonds. The van der Waals surface area contributed by atoms with Gasteiger partial charge in [-0.15, -0.1) is 11.8 Å². The Kier molecular flexibility index (Phi) is 6.54. The molecule has 3 nitrogen and oxygen atoms in total. The molecule has 2 aromatic carbocycles. The van der Waals surface area contributed by atoms with Crippen molar-refractivity contribution in [1.82, 2.24) is 10.2 Å². The summed E-state index contributed by atoms with van der Waals surface area (Å²) in [6.45, 7) is 2.93. The van der Waals surface area contributed by atoms with Crippen LogP contribution in [0.25, 0.3) is 0 Å². The lowest BCUT2D eigenvalue weighted by atomic mass is 10.1. The zero-order valence-corrected chi connectivity index (χ0v) is 15.6. The molecule has 25 heavy (non-hydrogen) atoms. The average molecular weight is 354 g/mol. The lowest BCUT2D eigenvalue weighted by molar-refractivity contribution is 0.0940. The quantitative estimate of drug-likeness (QED) is 0.768. The Bertz CT molecular complexity index is 689. The van der Waals surface area contributed by atoms with Crippen molar-refractivity contribution >= 4 is 17.7 Å². The first kappa shape index (κ1) is 18.0. The number of amides is 1. The van der Waals surface area contributed by atoms with Gasteiger partial charge in [0.2, 0.25) is 0 Å². The Balaban J connectivity index is 1.50. The zero-order chi connectivity index (χ0) is 17.5. The van der Waals surface area contributed by atoms with E-state index in [1.165, 1.54) is 18.4 Å². The highest BCUT2D eigenvalue weighted by Gasteiger charge is 2.24. The summed E-state index contributed by atoms with van der Waals surface area (Å²) >= 11 is 1.66. The van der Waals surface area contributed by atoms with Crippen molar-refractivity contribution in [3.05, 3.63) is 65.7 Å². The summed E-state index contributed by atoms with van der Waals surface area (Å²) in [5.74, 6) is 0.0332. The van der Waals surface area contributed by atoms with Gasteiger partial charge in [0.05, 0.1) is 0 Å². The number of likely N-dealkylation sites (tertiary alicyclic amines) is 1. The summed E-state index contributed by atoms with van der Waals surface area (Å²) < 4.78 is 0. The van der Waals surface area contributed by atoms with E-state index in [9.17, 15) is 4.79 Å². The Labute approximate surface area is 154 Å². The second kappa shape index (κ2) is 9.07. The molecule has 0 saturated carbocycles. The van der Waals surface area contributed by atoms with Crippen LogP contribution >= 0.6 is 11.8 Å². The van der Waals surface area contributed by atoms with Crippen LogP contribution < -0.4 is 5.32 Å². The molecular formula is C21H26N2OS. The molecular weight excluding hydrogens is 327 g/mol. The minimum Gasteiger partial charge on any atom is -0.350 e. The van der Waals surface area contributed by atoms with E-state index in [0.717, 1.165) is 36.5 Å². The molecule has 0 aromatic heterocycles. The van der Waals surface area contributed by atoms with E-state index < -0.39 is 0 Å². The Hall–Kier alpha value is -1.78. The molecule has 1 atom stereocenters. The molecule has 4 heteroatoms. The van der Waals surface area contributed by atoms with Gasteiger partial charge in [-0.1, -0.05) is 36.4 Å². The van der Waals surface area contributed by atoms with Crippen molar-refractivity contribution in [2.75, 3.05) is 25.9 Å². The van der Waals surface area contributed by atoms with Gasteiger partial charge >= 0.3 is 0 Å². The molecule has 1 N–H and O–H groups in total. The molecule has 0 spiro atoms. The minimum atomic E-state index is 0.0332. The normalized spacial score (nSPS) is 17.6. The lowest BCUT2D eigenvalue weighted by Gasteiger charge is -2.24. The van der Waals surface area contributed by atoms with E-state index in [4.69, 9.17) is 0 Å². The SMILES string of the molecule is [11CH3]Sc1cccc(C(=O)NC[C@H]2CCCN2CCc2ccccc2)c1.